The van der Waals surface area contributed by atoms with E-state index in [9.17, 15) is 9.59 Å². The fourth-order valence-electron chi connectivity index (χ4n) is 3.07. The summed E-state index contributed by atoms with van der Waals surface area (Å²) in [5.41, 5.74) is 0.662. The Kier molecular flexibility index (Phi) is 5.86. The maximum atomic E-state index is 12.4. The van der Waals surface area contributed by atoms with Gasteiger partial charge in [-0.3, -0.25) is 4.90 Å². The van der Waals surface area contributed by atoms with Crippen LogP contribution in [0.25, 0.3) is 0 Å². The Morgan fingerprint density at radius 3 is 2.46 bits per heavy atom. The summed E-state index contributed by atoms with van der Waals surface area (Å²) in [7, 11) is 1.36. The van der Waals surface area contributed by atoms with Crippen LogP contribution in [0.3, 0.4) is 0 Å². The summed E-state index contributed by atoms with van der Waals surface area (Å²) < 4.78 is 10.3. The highest BCUT2D eigenvalue weighted by Crippen LogP contribution is 2.28. The van der Waals surface area contributed by atoms with Gasteiger partial charge in [-0.25, -0.2) is 9.59 Å². The fourth-order valence-corrected chi connectivity index (χ4v) is 3.07. The van der Waals surface area contributed by atoms with Gasteiger partial charge in [-0.2, -0.15) is 0 Å². The first-order valence-corrected chi connectivity index (χ1v) is 8.41. The van der Waals surface area contributed by atoms with E-state index in [-0.39, 0.29) is 5.97 Å². The Balaban J connectivity index is 2.07. The zero-order chi connectivity index (χ0) is 17.7. The molecule has 1 aromatic carbocycles. The monoisotopic (exact) mass is 333 g/mol. The molecule has 2 atom stereocenters. The van der Waals surface area contributed by atoms with Crippen molar-refractivity contribution in [2.45, 2.75) is 51.7 Å². The quantitative estimate of drug-likeness (QED) is 0.795. The molecule has 1 saturated heterocycles. The molecule has 1 aliphatic heterocycles. The summed E-state index contributed by atoms with van der Waals surface area (Å²) in [5, 5.41) is 0. The van der Waals surface area contributed by atoms with Crippen LogP contribution in [0.1, 0.15) is 39.2 Å². The summed E-state index contributed by atoms with van der Waals surface area (Å²) in [6.45, 7) is 5.97. The lowest BCUT2D eigenvalue weighted by molar-refractivity contribution is -0.148. The molecule has 1 heterocycles. The van der Waals surface area contributed by atoms with Gasteiger partial charge in [0, 0.05) is 6.54 Å². The molecule has 1 aromatic rings. The molecule has 0 aromatic heterocycles. The molecule has 0 aliphatic carbocycles. The zero-order valence-electron chi connectivity index (χ0n) is 15.0. The number of nitrogens with zero attached hydrogens (tertiary/aromatic N) is 1. The normalized spacial score (nSPS) is 21.2. The molecule has 1 fully saturated rings. The van der Waals surface area contributed by atoms with Crippen molar-refractivity contribution in [3.63, 3.8) is 0 Å². The van der Waals surface area contributed by atoms with E-state index in [1.165, 1.54) is 17.6 Å². The lowest BCUT2D eigenvalue weighted by atomic mass is 9.86. The molecule has 0 bridgehead atoms. The minimum Gasteiger partial charge on any atom is -0.467 e. The first-order valence-electron chi connectivity index (χ1n) is 8.41. The molecular formula is C19H27NO4. The Morgan fingerprint density at radius 1 is 1.21 bits per heavy atom. The number of amides is 1. The molecule has 2 unspecified atom stereocenters. The van der Waals surface area contributed by atoms with Gasteiger partial charge in [0.2, 0.25) is 0 Å². The first kappa shape index (κ1) is 18.3. The molecule has 5 heteroatoms. The number of ether oxygens (including phenoxy) is 2. The van der Waals surface area contributed by atoms with Crippen LogP contribution in [0, 0.1) is 5.92 Å². The largest absolute Gasteiger partial charge is 0.467 e. The molecular weight excluding hydrogens is 306 g/mol. The Morgan fingerprint density at radius 2 is 1.88 bits per heavy atom. The second kappa shape index (κ2) is 7.69. The van der Waals surface area contributed by atoms with E-state index >= 15 is 0 Å². The molecule has 24 heavy (non-hydrogen) atoms. The summed E-state index contributed by atoms with van der Waals surface area (Å²) in [6.07, 6.45) is 1.90. The standard InChI is InChI=1S/C19H27NO4/c1-19(2,3)24-18(22)20-11-10-15(13-16(20)17(21)23-4)12-14-8-6-5-7-9-14/h5-9,15-16H,10-13H2,1-4H3. The molecule has 0 N–H and O–H groups in total. The van der Waals surface area contributed by atoms with Gasteiger partial charge < -0.3 is 9.47 Å². The van der Waals surface area contributed by atoms with Gasteiger partial charge in [-0.1, -0.05) is 30.3 Å². The Labute approximate surface area is 143 Å². The zero-order valence-corrected chi connectivity index (χ0v) is 15.0. The van der Waals surface area contributed by atoms with E-state index < -0.39 is 17.7 Å². The maximum absolute atomic E-state index is 12.4. The van der Waals surface area contributed by atoms with E-state index in [0.717, 1.165) is 12.8 Å². The van der Waals surface area contributed by atoms with Crippen molar-refractivity contribution < 1.29 is 19.1 Å². The van der Waals surface area contributed by atoms with Crippen LogP contribution in [0.15, 0.2) is 30.3 Å². The highest BCUT2D eigenvalue weighted by Gasteiger charge is 2.38. The predicted molar refractivity (Wildman–Crippen MR) is 91.6 cm³/mol. The second-order valence-corrected chi connectivity index (χ2v) is 7.29. The number of hydrogen-bond donors (Lipinski definition) is 0. The molecule has 2 rings (SSSR count). The molecule has 5 nitrogen and oxygen atoms in total. The third-order valence-corrected chi connectivity index (χ3v) is 4.18. The van der Waals surface area contributed by atoms with Crippen molar-refractivity contribution in [2.24, 2.45) is 5.92 Å². The number of carbonyl (C=O) groups is 2. The van der Waals surface area contributed by atoms with Gasteiger partial charge in [-0.05, 0) is 51.5 Å². The number of rotatable bonds is 3. The van der Waals surface area contributed by atoms with E-state index in [1.54, 1.807) is 0 Å². The average molecular weight is 333 g/mol. The molecule has 0 spiro atoms. The van der Waals surface area contributed by atoms with Crippen molar-refractivity contribution in [2.75, 3.05) is 13.7 Å². The molecule has 0 radical (unpaired) electrons. The van der Waals surface area contributed by atoms with Crippen LogP contribution in [0.2, 0.25) is 0 Å². The lowest BCUT2D eigenvalue weighted by Gasteiger charge is -2.38. The van der Waals surface area contributed by atoms with Crippen molar-refractivity contribution >= 4 is 12.1 Å². The number of likely N-dealkylation sites (tertiary alicyclic amines) is 1. The number of hydrogen-bond acceptors (Lipinski definition) is 4. The second-order valence-electron chi connectivity index (χ2n) is 7.29. The summed E-state index contributed by atoms with van der Waals surface area (Å²) in [5.74, 6) is -0.0335. The van der Waals surface area contributed by atoms with Crippen molar-refractivity contribution in [3.8, 4) is 0 Å². The van der Waals surface area contributed by atoms with E-state index in [4.69, 9.17) is 9.47 Å². The van der Waals surface area contributed by atoms with E-state index in [0.29, 0.717) is 18.9 Å². The minimum absolute atomic E-state index is 0.343. The van der Waals surface area contributed by atoms with Gasteiger partial charge in [0.15, 0.2) is 0 Å². The third kappa shape index (κ3) is 4.98. The number of esters is 1. The average Bonchev–Trinajstić information content (AvgIpc) is 2.53. The van der Waals surface area contributed by atoms with Crippen LogP contribution in [-0.2, 0) is 20.7 Å². The highest BCUT2D eigenvalue weighted by atomic mass is 16.6. The third-order valence-electron chi connectivity index (χ3n) is 4.18. The number of carbonyl (C=O) groups excluding carboxylic acids is 2. The van der Waals surface area contributed by atoms with Crippen molar-refractivity contribution in [1.29, 1.82) is 0 Å². The molecule has 132 valence electrons. The Bertz CT molecular complexity index is 564. The Hall–Kier alpha value is -2.04. The van der Waals surface area contributed by atoms with Gasteiger partial charge in [0.25, 0.3) is 0 Å². The van der Waals surface area contributed by atoms with Crippen molar-refractivity contribution in [3.05, 3.63) is 35.9 Å². The SMILES string of the molecule is COC(=O)C1CC(Cc2ccccc2)CCN1C(=O)OC(C)(C)C. The predicted octanol–water partition coefficient (Wildman–Crippen LogP) is 3.42. The minimum atomic E-state index is -0.585. The van der Waals surface area contributed by atoms with Gasteiger partial charge >= 0.3 is 12.1 Å². The molecule has 1 aliphatic rings. The summed E-state index contributed by atoms with van der Waals surface area (Å²) in [4.78, 5) is 26.1. The maximum Gasteiger partial charge on any atom is 0.411 e. The lowest BCUT2D eigenvalue weighted by Crippen LogP contribution is -2.52. The number of piperidine rings is 1. The number of benzene rings is 1. The smallest absolute Gasteiger partial charge is 0.411 e. The summed E-state index contributed by atoms with van der Waals surface area (Å²) in [6, 6.07) is 9.63. The van der Waals surface area contributed by atoms with Crippen LogP contribution >= 0.6 is 0 Å². The topological polar surface area (TPSA) is 55.8 Å². The van der Waals surface area contributed by atoms with Crippen LogP contribution in [0.5, 0.6) is 0 Å². The van der Waals surface area contributed by atoms with Crippen molar-refractivity contribution in [1.82, 2.24) is 4.90 Å². The fraction of sp³-hybridized carbons (Fsp3) is 0.579. The van der Waals surface area contributed by atoms with Gasteiger partial charge in [0.05, 0.1) is 7.11 Å². The van der Waals surface area contributed by atoms with Gasteiger partial charge in [-0.15, -0.1) is 0 Å². The molecule has 0 saturated carbocycles. The number of methoxy groups -OCH3 is 1. The van der Waals surface area contributed by atoms with Crippen LogP contribution < -0.4 is 0 Å². The van der Waals surface area contributed by atoms with Gasteiger partial charge in [0.1, 0.15) is 11.6 Å². The first-order chi connectivity index (χ1) is 11.3. The summed E-state index contributed by atoms with van der Waals surface area (Å²) >= 11 is 0. The molecule has 1 amide bonds. The van der Waals surface area contributed by atoms with Crippen LogP contribution in [-0.4, -0.2) is 42.3 Å². The van der Waals surface area contributed by atoms with Crippen LogP contribution in [0.4, 0.5) is 4.79 Å². The van der Waals surface area contributed by atoms with E-state index in [1.807, 2.05) is 39.0 Å². The highest BCUT2D eigenvalue weighted by molar-refractivity contribution is 5.81. The van der Waals surface area contributed by atoms with E-state index in [2.05, 4.69) is 12.1 Å².